The van der Waals surface area contributed by atoms with Gasteiger partial charge < -0.3 is 10.4 Å². The molecule has 0 aromatic carbocycles. The van der Waals surface area contributed by atoms with Crippen molar-refractivity contribution in [2.24, 2.45) is 7.05 Å². The fourth-order valence-electron chi connectivity index (χ4n) is 1.82. The molecule has 2 aromatic rings. The Kier molecular flexibility index (Phi) is 3.55. The number of carboxylic acid groups (broad SMARTS) is 1. The van der Waals surface area contributed by atoms with Crippen molar-refractivity contribution in [1.82, 2.24) is 19.6 Å². The summed E-state index contributed by atoms with van der Waals surface area (Å²) in [4.78, 5) is 23.2. The maximum atomic E-state index is 12.2. The lowest BCUT2D eigenvalue weighted by molar-refractivity contribution is -0.140. The number of aromatic nitrogens is 4. The largest absolute Gasteiger partial charge is 0.480 e. The maximum Gasteiger partial charge on any atom is 0.328 e. The minimum atomic E-state index is -1.06. The zero-order valence-corrected chi connectivity index (χ0v) is 11.4. The van der Waals surface area contributed by atoms with E-state index in [1.54, 1.807) is 13.1 Å². The number of anilines is 1. The molecule has 2 N–H and O–H groups in total. The Morgan fingerprint density at radius 3 is 2.70 bits per heavy atom. The molecule has 0 spiro atoms. The molecule has 1 atom stereocenters. The highest BCUT2D eigenvalue weighted by Crippen LogP contribution is 2.13. The monoisotopic (exact) mass is 277 g/mol. The minimum absolute atomic E-state index is 0.179. The van der Waals surface area contributed by atoms with Crippen LogP contribution in [0.5, 0.6) is 0 Å². The average Bonchev–Trinajstić information content (AvgIpc) is 2.95. The lowest BCUT2D eigenvalue weighted by Gasteiger charge is -2.11. The average molecular weight is 277 g/mol. The van der Waals surface area contributed by atoms with Gasteiger partial charge in [-0.2, -0.15) is 10.2 Å². The molecule has 8 nitrogen and oxygen atoms in total. The van der Waals surface area contributed by atoms with Crippen molar-refractivity contribution in [2.75, 3.05) is 5.32 Å². The van der Waals surface area contributed by atoms with Gasteiger partial charge in [0.25, 0.3) is 5.91 Å². The van der Waals surface area contributed by atoms with Gasteiger partial charge in [0, 0.05) is 19.3 Å². The van der Waals surface area contributed by atoms with Gasteiger partial charge in [-0.05, 0) is 19.9 Å². The number of aryl methyl sites for hydroxylation is 2. The highest BCUT2D eigenvalue weighted by molar-refractivity contribution is 6.02. The molecule has 0 saturated heterocycles. The number of hydrogen-bond donors (Lipinski definition) is 2. The van der Waals surface area contributed by atoms with E-state index in [9.17, 15) is 9.59 Å². The molecule has 1 amide bonds. The Labute approximate surface area is 115 Å². The van der Waals surface area contributed by atoms with Gasteiger partial charge in [-0.15, -0.1) is 0 Å². The molecule has 1 unspecified atom stereocenters. The molecule has 0 bridgehead atoms. The van der Waals surface area contributed by atoms with Crippen molar-refractivity contribution in [2.45, 2.75) is 19.9 Å². The third-order valence-electron chi connectivity index (χ3n) is 2.87. The number of carbonyl (C=O) groups is 2. The molecule has 2 aromatic heterocycles. The third-order valence-corrected chi connectivity index (χ3v) is 2.87. The van der Waals surface area contributed by atoms with Crippen molar-refractivity contribution in [3.8, 4) is 0 Å². The normalized spacial score (nSPS) is 12.2. The Morgan fingerprint density at radius 2 is 2.15 bits per heavy atom. The van der Waals surface area contributed by atoms with Crippen LogP contribution in [0, 0.1) is 6.92 Å². The van der Waals surface area contributed by atoms with Gasteiger partial charge in [0.1, 0.15) is 17.6 Å². The zero-order valence-electron chi connectivity index (χ0n) is 11.4. The van der Waals surface area contributed by atoms with Crippen LogP contribution in [0.3, 0.4) is 0 Å². The SMILES string of the molecule is Cc1cc(NC(=O)c2ccnn2C(C)C(=O)O)n(C)n1. The van der Waals surface area contributed by atoms with Crippen molar-refractivity contribution < 1.29 is 14.7 Å². The predicted octanol–water partition coefficient (Wildman–Crippen LogP) is 0.823. The quantitative estimate of drug-likeness (QED) is 0.861. The lowest BCUT2D eigenvalue weighted by Crippen LogP contribution is -2.24. The molecule has 0 aliphatic heterocycles. The summed E-state index contributed by atoms with van der Waals surface area (Å²) in [6.07, 6.45) is 1.39. The fraction of sp³-hybridized carbons (Fsp3) is 0.333. The Morgan fingerprint density at radius 1 is 1.45 bits per heavy atom. The van der Waals surface area contributed by atoms with E-state index in [4.69, 9.17) is 5.11 Å². The minimum Gasteiger partial charge on any atom is -0.480 e. The molecular weight excluding hydrogens is 262 g/mol. The van der Waals surface area contributed by atoms with Crippen LogP contribution in [0.25, 0.3) is 0 Å². The van der Waals surface area contributed by atoms with Crippen LogP contribution < -0.4 is 5.32 Å². The van der Waals surface area contributed by atoms with Crippen LogP contribution in [0.2, 0.25) is 0 Å². The van der Waals surface area contributed by atoms with Gasteiger partial charge in [-0.25, -0.2) is 9.48 Å². The van der Waals surface area contributed by atoms with E-state index in [-0.39, 0.29) is 5.69 Å². The van der Waals surface area contributed by atoms with E-state index in [0.717, 1.165) is 5.69 Å². The third kappa shape index (κ3) is 2.53. The van der Waals surface area contributed by atoms with E-state index in [1.807, 2.05) is 6.92 Å². The number of amides is 1. The summed E-state index contributed by atoms with van der Waals surface area (Å²) >= 11 is 0. The number of nitrogens with zero attached hydrogens (tertiary/aromatic N) is 4. The summed E-state index contributed by atoms with van der Waals surface area (Å²) in [5.74, 6) is -0.957. The number of rotatable bonds is 4. The van der Waals surface area contributed by atoms with Crippen molar-refractivity contribution in [3.05, 3.63) is 29.7 Å². The van der Waals surface area contributed by atoms with Crippen LogP contribution in [-0.4, -0.2) is 36.5 Å². The zero-order chi connectivity index (χ0) is 14.9. The second-order valence-corrected chi connectivity index (χ2v) is 4.42. The summed E-state index contributed by atoms with van der Waals surface area (Å²) in [7, 11) is 1.71. The molecule has 20 heavy (non-hydrogen) atoms. The summed E-state index contributed by atoms with van der Waals surface area (Å²) in [5.41, 5.74) is 0.953. The molecule has 0 radical (unpaired) electrons. The Hall–Kier alpha value is -2.64. The Bertz CT molecular complexity index is 658. The van der Waals surface area contributed by atoms with Crippen molar-refractivity contribution >= 4 is 17.7 Å². The van der Waals surface area contributed by atoms with E-state index < -0.39 is 17.9 Å². The standard InChI is InChI=1S/C12H15N5O3/c1-7-6-10(16(3)15-7)14-11(18)9-4-5-13-17(9)8(2)12(19)20/h4-6,8H,1-3H3,(H,14,18)(H,19,20). The van der Waals surface area contributed by atoms with E-state index in [0.29, 0.717) is 5.82 Å². The number of aliphatic carboxylic acids is 1. The number of nitrogens with one attached hydrogen (secondary N) is 1. The fourth-order valence-corrected chi connectivity index (χ4v) is 1.82. The molecule has 0 saturated carbocycles. The topological polar surface area (TPSA) is 102 Å². The van der Waals surface area contributed by atoms with Gasteiger partial charge in [-0.3, -0.25) is 9.48 Å². The first-order valence-corrected chi connectivity index (χ1v) is 5.98. The van der Waals surface area contributed by atoms with E-state index in [1.165, 1.54) is 28.6 Å². The van der Waals surface area contributed by atoms with Crippen molar-refractivity contribution in [3.63, 3.8) is 0 Å². The van der Waals surface area contributed by atoms with Crippen LogP contribution >= 0.6 is 0 Å². The lowest BCUT2D eigenvalue weighted by atomic mass is 10.3. The van der Waals surface area contributed by atoms with Gasteiger partial charge >= 0.3 is 5.97 Å². The molecule has 0 aliphatic rings. The van der Waals surface area contributed by atoms with E-state index >= 15 is 0 Å². The number of hydrogen-bond acceptors (Lipinski definition) is 4. The molecule has 106 valence electrons. The maximum absolute atomic E-state index is 12.2. The molecular formula is C12H15N5O3. The van der Waals surface area contributed by atoms with Gasteiger partial charge in [0.05, 0.1) is 5.69 Å². The van der Waals surface area contributed by atoms with Crippen molar-refractivity contribution in [1.29, 1.82) is 0 Å². The van der Waals surface area contributed by atoms with E-state index in [2.05, 4.69) is 15.5 Å². The Balaban J connectivity index is 2.24. The first kappa shape index (κ1) is 13.8. The second-order valence-electron chi connectivity index (χ2n) is 4.42. The van der Waals surface area contributed by atoms with Crippen LogP contribution in [-0.2, 0) is 11.8 Å². The van der Waals surface area contributed by atoms with Gasteiger partial charge in [0.2, 0.25) is 0 Å². The van der Waals surface area contributed by atoms with Gasteiger partial charge in [0.15, 0.2) is 0 Å². The first-order valence-electron chi connectivity index (χ1n) is 5.98. The van der Waals surface area contributed by atoms with Crippen LogP contribution in [0.15, 0.2) is 18.3 Å². The number of carbonyl (C=O) groups excluding carboxylic acids is 1. The number of carboxylic acids is 1. The molecule has 0 aliphatic carbocycles. The summed E-state index contributed by atoms with van der Waals surface area (Å²) in [6.45, 7) is 3.27. The summed E-state index contributed by atoms with van der Waals surface area (Å²) in [5, 5.41) is 19.7. The molecule has 2 heterocycles. The highest BCUT2D eigenvalue weighted by Gasteiger charge is 2.21. The highest BCUT2D eigenvalue weighted by atomic mass is 16.4. The summed E-state index contributed by atoms with van der Waals surface area (Å²) < 4.78 is 2.70. The molecule has 0 fully saturated rings. The first-order chi connectivity index (χ1) is 9.40. The predicted molar refractivity (Wildman–Crippen MR) is 70.5 cm³/mol. The van der Waals surface area contributed by atoms with Gasteiger partial charge in [-0.1, -0.05) is 0 Å². The smallest absolute Gasteiger partial charge is 0.328 e. The van der Waals surface area contributed by atoms with Crippen LogP contribution in [0.4, 0.5) is 5.82 Å². The molecule has 2 rings (SSSR count). The second kappa shape index (κ2) is 5.16. The summed E-state index contributed by atoms with van der Waals surface area (Å²) in [6, 6.07) is 2.27. The molecule has 8 heteroatoms. The van der Waals surface area contributed by atoms with Crippen LogP contribution in [0.1, 0.15) is 29.1 Å².